The lowest BCUT2D eigenvalue weighted by molar-refractivity contribution is 0.0907. The highest BCUT2D eigenvalue weighted by Crippen LogP contribution is 2.34. The summed E-state index contributed by atoms with van der Waals surface area (Å²) in [4.78, 5) is 11.9. The molecule has 0 saturated carbocycles. The van der Waals surface area contributed by atoms with Crippen molar-refractivity contribution in [3.63, 3.8) is 0 Å². The molecule has 1 aromatic rings. The van der Waals surface area contributed by atoms with Crippen molar-refractivity contribution in [2.75, 3.05) is 32.0 Å². The van der Waals surface area contributed by atoms with Gasteiger partial charge in [0.1, 0.15) is 0 Å². The largest absolute Gasteiger partial charge is 0.459 e. The minimum Gasteiger partial charge on any atom is -0.459 e. The first-order chi connectivity index (χ1) is 11.0. The first-order valence-corrected chi connectivity index (χ1v) is 9.53. The number of carbonyl (C=O) groups is 1. The van der Waals surface area contributed by atoms with Gasteiger partial charge in [0.05, 0.1) is 24.7 Å². The normalized spacial score (nSPS) is 28.0. The van der Waals surface area contributed by atoms with Crippen LogP contribution in [0.5, 0.6) is 0 Å². The first-order valence-electron chi connectivity index (χ1n) is 7.92. The number of ether oxygens (including phenoxy) is 1. The SMILES string of the molecule is CCCS(=O)(=O)N1C[C@@H]2[C@@H](CNC(=O)c3ccco3)CO[C@@H]2C1. The van der Waals surface area contributed by atoms with E-state index in [1.165, 1.54) is 10.6 Å². The van der Waals surface area contributed by atoms with Gasteiger partial charge < -0.3 is 14.5 Å². The fourth-order valence-electron chi connectivity index (χ4n) is 3.31. The fraction of sp³-hybridized carbons (Fsp3) is 0.667. The van der Waals surface area contributed by atoms with Crippen LogP contribution >= 0.6 is 0 Å². The number of nitrogens with zero attached hydrogens (tertiary/aromatic N) is 1. The Hall–Kier alpha value is -1.38. The number of carbonyl (C=O) groups excluding carboxylic acids is 1. The van der Waals surface area contributed by atoms with E-state index in [0.29, 0.717) is 32.7 Å². The van der Waals surface area contributed by atoms with Crippen LogP contribution in [0.2, 0.25) is 0 Å². The van der Waals surface area contributed by atoms with Gasteiger partial charge in [0, 0.05) is 31.5 Å². The minimum atomic E-state index is -3.19. The molecule has 0 aromatic carbocycles. The average molecular weight is 342 g/mol. The van der Waals surface area contributed by atoms with Crippen molar-refractivity contribution < 1.29 is 22.4 Å². The van der Waals surface area contributed by atoms with E-state index in [1.54, 1.807) is 12.1 Å². The Kier molecular flexibility index (Phi) is 4.74. The van der Waals surface area contributed by atoms with Crippen LogP contribution < -0.4 is 5.32 Å². The summed E-state index contributed by atoms with van der Waals surface area (Å²) in [7, 11) is -3.19. The maximum Gasteiger partial charge on any atom is 0.286 e. The zero-order valence-electron chi connectivity index (χ0n) is 13.1. The van der Waals surface area contributed by atoms with Crippen molar-refractivity contribution >= 4 is 15.9 Å². The van der Waals surface area contributed by atoms with Crippen LogP contribution in [0.4, 0.5) is 0 Å². The predicted octanol–water partition coefficient (Wildman–Crippen LogP) is 0.696. The molecule has 1 amide bonds. The smallest absolute Gasteiger partial charge is 0.286 e. The Balaban J connectivity index is 1.56. The van der Waals surface area contributed by atoms with E-state index in [9.17, 15) is 13.2 Å². The van der Waals surface area contributed by atoms with Crippen LogP contribution in [0.15, 0.2) is 22.8 Å². The number of rotatable bonds is 6. The van der Waals surface area contributed by atoms with Crippen molar-refractivity contribution in [2.24, 2.45) is 11.8 Å². The molecule has 2 fully saturated rings. The Bertz CT molecular complexity index is 643. The van der Waals surface area contributed by atoms with Crippen molar-refractivity contribution in [1.82, 2.24) is 9.62 Å². The molecule has 7 nitrogen and oxygen atoms in total. The van der Waals surface area contributed by atoms with E-state index in [0.717, 1.165) is 0 Å². The second kappa shape index (κ2) is 6.62. The molecule has 0 aliphatic carbocycles. The van der Waals surface area contributed by atoms with Gasteiger partial charge >= 0.3 is 0 Å². The lowest BCUT2D eigenvalue weighted by Crippen LogP contribution is -2.36. The zero-order valence-corrected chi connectivity index (χ0v) is 13.9. The van der Waals surface area contributed by atoms with Gasteiger partial charge in [0.15, 0.2) is 5.76 Å². The van der Waals surface area contributed by atoms with Gasteiger partial charge in [-0.25, -0.2) is 8.42 Å². The van der Waals surface area contributed by atoms with Crippen LogP contribution in [-0.2, 0) is 14.8 Å². The molecule has 8 heteroatoms. The molecule has 1 N–H and O–H groups in total. The van der Waals surface area contributed by atoms with Crippen LogP contribution in [0.3, 0.4) is 0 Å². The van der Waals surface area contributed by atoms with Crippen LogP contribution in [0.25, 0.3) is 0 Å². The third kappa shape index (κ3) is 3.44. The summed E-state index contributed by atoms with van der Waals surface area (Å²) in [6.45, 7) is 3.78. The number of hydrogen-bond donors (Lipinski definition) is 1. The number of sulfonamides is 1. The molecule has 3 rings (SSSR count). The van der Waals surface area contributed by atoms with Gasteiger partial charge in [-0.3, -0.25) is 4.79 Å². The Morgan fingerprint density at radius 1 is 1.43 bits per heavy atom. The third-order valence-electron chi connectivity index (χ3n) is 4.53. The van der Waals surface area contributed by atoms with Crippen LogP contribution in [0, 0.1) is 11.8 Å². The molecule has 23 heavy (non-hydrogen) atoms. The predicted molar refractivity (Wildman–Crippen MR) is 83.4 cm³/mol. The highest BCUT2D eigenvalue weighted by molar-refractivity contribution is 7.89. The topological polar surface area (TPSA) is 88.9 Å². The van der Waals surface area contributed by atoms with Crippen LogP contribution in [0.1, 0.15) is 23.9 Å². The van der Waals surface area contributed by atoms with E-state index < -0.39 is 10.0 Å². The molecule has 0 bridgehead atoms. The number of nitrogens with one attached hydrogen (secondary N) is 1. The monoisotopic (exact) mass is 342 g/mol. The summed E-state index contributed by atoms with van der Waals surface area (Å²) < 4.78 is 36.7. The quantitative estimate of drug-likeness (QED) is 0.822. The third-order valence-corrected chi connectivity index (χ3v) is 6.54. The number of hydrogen-bond acceptors (Lipinski definition) is 5. The summed E-state index contributed by atoms with van der Waals surface area (Å²) in [6.07, 6.45) is 2.00. The maximum atomic E-state index is 12.2. The molecule has 128 valence electrons. The molecule has 2 aliphatic rings. The molecule has 0 unspecified atom stereocenters. The second-order valence-corrected chi connectivity index (χ2v) is 8.20. The van der Waals surface area contributed by atoms with Gasteiger partial charge in [-0.1, -0.05) is 6.92 Å². The molecule has 0 spiro atoms. The molecule has 2 saturated heterocycles. The first kappa shape index (κ1) is 16.5. The van der Waals surface area contributed by atoms with Gasteiger partial charge in [-0.2, -0.15) is 4.31 Å². The molecular formula is C15H22N2O5S. The van der Waals surface area contributed by atoms with E-state index in [1.807, 2.05) is 6.92 Å². The van der Waals surface area contributed by atoms with Gasteiger partial charge in [0.25, 0.3) is 5.91 Å². The van der Waals surface area contributed by atoms with Crippen molar-refractivity contribution in [2.45, 2.75) is 19.4 Å². The van der Waals surface area contributed by atoms with E-state index in [2.05, 4.69) is 5.32 Å². The highest BCUT2D eigenvalue weighted by atomic mass is 32.2. The summed E-state index contributed by atoms with van der Waals surface area (Å²) >= 11 is 0. The molecule has 2 aliphatic heterocycles. The molecule has 3 atom stereocenters. The number of amides is 1. The summed E-state index contributed by atoms with van der Waals surface area (Å²) in [5.74, 6) is 0.456. The van der Waals surface area contributed by atoms with Gasteiger partial charge in [-0.15, -0.1) is 0 Å². The summed E-state index contributed by atoms with van der Waals surface area (Å²) in [6, 6.07) is 3.27. The summed E-state index contributed by atoms with van der Waals surface area (Å²) in [5, 5.41) is 2.84. The highest BCUT2D eigenvalue weighted by Gasteiger charge is 2.46. The van der Waals surface area contributed by atoms with E-state index in [-0.39, 0.29) is 35.4 Å². The van der Waals surface area contributed by atoms with E-state index >= 15 is 0 Å². The maximum absolute atomic E-state index is 12.2. The fourth-order valence-corrected chi connectivity index (χ4v) is 4.85. The van der Waals surface area contributed by atoms with Crippen molar-refractivity contribution in [3.05, 3.63) is 24.2 Å². The molecule has 0 radical (unpaired) electrons. The lowest BCUT2D eigenvalue weighted by Gasteiger charge is -2.19. The van der Waals surface area contributed by atoms with Crippen molar-refractivity contribution in [3.8, 4) is 0 Å². The van der Waals surface area contributed by atoms with Crippen LogP contribution in [-0.4, -0.2) is 56.7 Å². The average Bonchev–Trinajstić information content (AvgIpc) is 3.21. The number of furan rings is 1. The molecule has 1 aromatic heterocycles. The number of fused-ring (bicyclic) bond motifs is 1. The Labute approximate surface area is 136 Å². The Morgan fingerprint density at radius 3 is 2.96 bits per heavy atom. The molecule has 3 heterocycles. The lowest BCUT2D eigenvalue weighted by atomic mass is 9.93. The molecular weight excluding hydrogens is 320 g/mol. The summed E-state index contributed by atoms with van der Waals surface area (Å²) in [5.41, 5.74) is 0. The minimum absolute atomic E-state index is 0.0628. The van der Waals surface area contributed by atoms with Gasteiger partial charge in [0.2, 0.25) is 10.0 Å². The Morgan fingerprint density at radius 2 is 2.26 bits per heavy atom. The zero-order chi connectivity index (χ0) is 16.4. The van der Waals surface area contributed by atoms with Gasteiger partial charge in [-0.05, 0) is 18.6 Å². The van der Waals surface area contributed by atoms with Crippen molar-refractivity contribution in [1.29, 1.82) is 0 Å². The second-order valence-electron chi connectivity index (χ2n) is 6.12. The van der Waals surface area contributed by atoms with E-state index in [4.69, 9.17) is 9.15 Å². The standard InChI is InChI=1S/C15H22N2O5S/c1-2-6-23(19,20)17-8-12-11(10-22-14(12)9-17)7-16-15(18)13-4-3-5-21-13/h3-5,11-12,14H,2,6-10H2,1H3,(H,16,18)/t11-,12+,14+/m0/s1.